The molecule has 0 fully saturated rings. The van der Waals surface area contributed by atoms with E-state index in [-0.39, 0.29) is 31.1 Å². The first-order valence-electron chi connectivity index (χ1n) is 23.5. The lowest BCUT2D eigenvalue weighted by molar-refractivity contribution is -0.167. The molecular weight excluding hydrogens is 661 g/mol. The van der Waals surface area contributed by atoms with E-state index in [2.05, 4.69) is 20.8 Å². The summed E-state index contributed by atoms with van der Waals surface area (Å²) < 4.78 is 16.7. The van der Waals surface area contributed by atoms with Gasteiger partial charge >= 0.3 is 17.9 Å². The third-order valence-electron chi connectivity index (χ3n) is 10.6. The van der Waals surface area contributed by atoms with E-state index in [9.17, 15) is 14.4 Å². The fraction of sp³-hybridized carbons (Fsp3) is 0.936. The Morgan fingerprint density at radius 3 is 0.755 bits per heavy atom. The van der Waals surface area contributed by atoms with Crippen LogP contribution in [-0.4, -0.2) is 37.2 Å². The lowest BCUT2D eigenvalue weighted by atomic mass is 10.0. The van der Waals surface area contributed by atoms with Gasteiger partial charge in [-0.25, -0.2) is 0 Å². The van der Waals surface area contributed by atoms with Crippen LogP contribution in [0.2, 0.25) is 0 Å². The summed E-state index contributed by atoms with van der Waals surface area (Å²) in [5.41, 5.74) is 0. The molecule has 0 spiro atoms. The molecule has 0 aromatic carbocycles. The van der Waals surface area contributed by atoms with Crippen molar-refractivity contribution in [3.05, 3.63) is 0 Å². The maximum Gasteiger partial charge on any atom is 0.306 e. The number of unbranched alkanes of at least 4 members (excludes halogenated alkanes) is 32. The largest absolute Gasteiger partial charge is 0.462 e. The zero-order chi connectivity index (χ0) is 38.7. The molecule has 6 nitrogen and oxygen atoms in total. The molecule has 0 aliphatic heterocycles. The van der Waals surface area contributed by atoms with Crippen LogP contribution in [0.4, 0.5) is 0 Å². The highest BCUT2D eigenvalue weighted by Crippen LogP contribution is 2.16. The van der Waals surface area contributed by atoms with Crippen molar-refractivity contribution in [3.8, 4) is 0 Å². The quantitative estimate of drug-likeness (QED) is 0.0351. The molecule has 53 heavy (non-hydrogen) atoms. The van der Waals surface area contributed by atoms with Crippen LogP contribution in [0.3, 0.4) is 0 Å². The number of hydrogen-bond donors (Lipinski definition) is 0. The summed E-state index contributed by atoms with van der Waals surface area (Å²) in [6.45, 7) is 6.62. The minimum atomic E-state index is -0.757. The van der Waals surface area contributed by atoms with E-state index >= 15 is 0 Å². The topological polar surface area (TPSA) is 78.9 Å². The number of carbonyl (C=O) groups is 3. The molecular formula is C47H90O6. The highest BCUT2D eigenvalue weighted by Gasteiger charge is 2.19. The van der Waals surface area contributed by atoms with E-state index in [0.717, 1.165) is 57.8 Å². The number of ether oxygens (including phenoxy) is 3. The molecule has 0 saturated carbocycles. The van der Waals surface area contributed by atoms with Crippen LogP contribution >= 0.6 is 0 Å². The Morgan fingerprint density at radius 2 is 0.509 bits per heavy atom. The van der Waals surface area contributed by atoms with Gasteiger partial charge < -0.3 is 14.2 Å². The van der Waals surface area contributed by atoms with Gasteiger partial charge in [0.15, 0.2) is 6.10 Å². The Kier molecular flexibility index (Phi) is 41.8. The molecule has 0 rings (SSSR count). The minimum absolute atomic E-state index is 0.0629. The Labute approximate surface area is 329 Å². The fourth-order valence-electron chi connectivity index (χ4n) is 7.03. The van der Waals surface area contributed by atoms with Crippen molar-refractivity contribution in [1.82, 2.24) is 0 Å². The van der Waals surface area contributed by atoms with Crippen LogP contribution in [0.15, 0.2) is 0 Å². The van der Waals surface area contributed by atoms with Gasteiger partial charge in [0.2, 0.25) is 0 Å². The molecule has 0 saturated heterocycles. The number of carbonyl (C=O) groups excluding carboxylic acids is 3. The van der Waals surface area contributed by atoms with E-state index in [1.54, 1.807) is 0 Å². The zero-order valence-electron chi connectivity index (χ0n) is 35.8. The Balaban J connectivity index is 4.24. The Morgan fingerprint density at radius 1 is 0.302 bits per heavy atom. The molecule has 0 aromatic heterocycles. The molecule has 1 atom stereocenters. The van der Waals surface area contributed by atoms with Gasteiger partial charge in [-0.05, 0) is 19.3 Å². The molecule has 314 valence electrons. The van der Waals surface area contributed by atoms with E-state index in [0.29, 0.717) is 19.3 Å². The zero-order valence-corrected chi connectivity index (χ0v) is 35.8. The van der Waals surface area contributed by atoms with E-state index in [1.165, 1.54) is 167 Å². The SMILES string of the molecule is CCCCCCCCCCCCCCCCC(=O)OC[C@H](COC(=O)CCCCCCCCC)OC(=O)CCCCCCCCCCCCCCCC. The average molecular weight is 751 g/mol. The molecule has 0 aliphatic carbocycles. The summed E-state index contributed by atoms with van der Waals surface area (Å²) >= 11 is 0. The molecule has 0 aliphatic rings. The fourth-order valence-corrected chi connectivity index (χ4v) is 7.03. The van der Waals surface area contributed by atoms with Gasteiger partial charge in [-0.2, -0.15) is 0 Å². The number of rotatable bonds is 43. The van der Waals surface area contributed by atoms with Crippen molar-refractivity contribution in [3.63, 3.8) is 0 Å². The molecule has 0 unspecified atom stereocenters. The van der Waals surface area contributed by atoms with Crippen molar-refractivity contribution in [2.75, 3.05) is 13.2 Å². The van der Waals surface area contributed by atoms with E-state index < -0.39 is 6.10 Å². The number of hydrogen-bond acceptors (Lipinski definition) is 6. The molecule has 6 heteroatoms. The van der Waals surface area contributed by atoms with E-state index in [4.69, 9.17) is 14.2 Å². The summed E-state index contributed by atoms with van der Waals surface area (Å²) in [5.74, 6) is -0.855. The first-order valence-corrected chi connectivity index (χ1v) is 23.5. The third-order valence-corrected chi connectivity index (χ3v) is 10.6. The van der Waals surface area contributed by atoms with Gasteiger partial charge in [-0.15, -0.1) is 0 Å². The van der Waals surface area contributed by atoms with Crippen molar-refractivity contribution in [1.29, 1.82) is 0 Å². The van der Waals surface area contributed by atoms with Crippen LogP contribution in [0.25, 0.3) is 0 Å². The normalized spacial score (nSPS) is 11.8. The maximum atomic E-state index is 12.7. The predicted molar refractivity (Wildman–Crippen MR) is 224 cm³/mol. The van der Waals surface area contributed by atoms with Gasteiger partial charge in [0.1, 0.15) is 13.2 Å². The van der Waals surface area contributed by atoms with Crippen molar-refractivity contribution >= 4 is 17.9 Å². The number of esters is 3. The van der Waals surface area contributed by atoms with Gasteiger partial charge in [0.05, 0.1) is 0 Å². The molecule has 0 amide bonds. The maximum absolute atomic E-state index is 12.7. The summed E-state index contributed by atoms with van der Waals surface area (Å²) in [6.07, 6.45) is 43.8. The van der Waals surface area contributed by atoms with Gasteiger partial charge in [0.25, 0.3) is 0 Å². The van der Waals surface area contributed by atoms with E-state index in [1.807, 2.05) is 0 Å². The Hall–Kier alpha value is -1.59. The van der Waals surface area contributed by atoms with Gasteiger partial charge in [-0.3, -0.25) is 14.4 Å². The highest BCUT2D eigenvalue weighted by atomic mass is 16.6. The van der Waals surface area contributed by atoms with Crippen molar-refractivity contribution in [2.45, 2.75) is 271 Å². The lowest BCUT2D eigenvalue weighted by Gasteiger charge is -2.18. The Bertz CT molecular complexity index is 783. The highest BCUT2D eigenvalue weighted by molar-refractivity contribution is 5.71. The first-order chi connectivity index (χ1) is 26.0. The predicted octanol–water partition coefficient (Wildman–Crippen LogP) is 14.9. The second kappa shape index (κ2) is 43.1. The molecule has 0 radical (unpaired) electrons. The first kappa shape index (κ1) is 51.4. The van der Waals surface area contributed by atoms with Gasteiger partial charge in [-0.1, -0.05) is 226 Å². The second-order valence-corrected chi connectivity index (χ2v) is 16.0. The third kappa shape index (κ3) is 41.4. The standard InChI is InChI=1S/C47H90O6/c1-4-7-10-13-16-18-20-22-24-26-28-31-34-37-40-46(49)52-43-44(42-51-45(48)39-36-33-30-15-12-9-6-3)53-47(50)41-38-35-32-29-27-25-23-21-19-17-14-11-8-5-2/h44H,4-43H2,1-3H3/t44-/m0/s1. The average Bonchev–Trinajstić information content (AvgIpc) is 3.15. The second-order valence-electron chi connectivity index (χ2n) is 16.0. The minimum Gasteiger partial charge on any atom is -0.462 e. The summed E-state index contributed by atoms with van der Waals surface area (Å²) in [7, 11) is 0. The molecule has 0 heterocycles. The van der Waals surface area contributed by atoms with Crippen LogP contribution in [0.1, 0.15) is 265 Å². The van der Waals surface area contributed by atoms with Gasteiger partial charge in [0, 0.05) is 19.3 Å². The van der Waals surface area contributed by atoms with Crippen LogP contribution in [0.5, 0.6) is 0 Å². The molecule has 0 aromatic rings. The monoisotopic (exact) mass is 751 g/mol. The van der Waals surface area contributed by atoms with Crippen molar-refractivity contribution in [2.24, 2.45) is 0 Å². The summed E-state index contributed by atoms with van der Waals surface area (Å²) in [5, 5.41) is 0. The lowest BCUT2D eigenvalue weighted by Crippen LogP contribution is -2.30. The summed E-state index contributed by atoms with van der Waals surface area (Å²) in [6, 6.07) is 0. The smallest absolute Gasteiger partial charge is 0.306 e. The van der Waals surface area contributed by atoms with Crippen LogP contribution in [0, 0.1) is 0 Å². The molecule has 0 bridgehead atoms. The molecule has 0 N–H and O–H groups in total. The summed E-state index contributed by atoms with van der Waals surface area (Å²) in [4.78, 5) is 37.6. The van der Waals surface area contributed by atoms with Crippen LogP contribution < -0.4 is 0 Å². The van der Waals surface area contributed by atoms with Crippen LogP contribution in [-0.2, 0) is 28.6 Å². The van der Waals surface area contributed by atoms with Crippen molar-refractivity contribution < 1.29 is 28.6 Å².